The van der Waals surface area contributed by atoms with Crippen LogP contribution in [0.3, 0.4) is 0 Å². The number of ether oxygens (including phenoxy) is 1. The molecular weight excluding hydrogens is 282 g/mol. The van der Waals surface area contributed by atoms with Crippen LogP contribution in [0.4, 0.5) is 4.79 Å². The molecule has 1 heterocycles. The summed E-state index contributed by atoms with van der Waals surface area (Å²) in [5.41, 5.74) is 9.16. The highest BCUT2D eigenvalue weighted by Crippen LogP contribution is 2.12. The highest BCUT2D eigenvalue weighted by atomic mass is 16.5. The molecular formula is C15H19N5O2. The Balaban J connectivity index is 1.67. The first kappa shape index (κ1) is 15.6. The molecule has 0 spiro atoms. The van der Waals surface area contributed by atoms with Crippen molar-refractivity contribution in [3.63, 3.8) is 0 Å². The number of primary amides is 1. The van der Waals surface area contributed by atoms with Crippen LogP contribution in [0.25, 0.3) is 0 Å². The Hall–Kier alpha value is -2.83. The first-order valence-electron chi connectivity index (χ1n) is 7.00. The molecule has 0 radical (unpaired) electrons. The van der Waals surface area contributed by atoms with E-state index >= 15 is 0 Å². The van der Waals surface area contributed by atoms with Gasteiger partial charge in [0.25, 0.3) is 0 Å². The van der Waals surface area contributed by atoms with E-state index in [0.29, 0.717) is 13.0 Å². The van der Waals surface area contributed by atoms with Gasteiger partial charge in [0.05, 0.1) is 18.6 Å². The lowest BCUT2D eigenvalue weighted by atomic mass is 10.1. The lowest BCUT2D eigenvalue weighted by Gasteiger charge is -2.06. The third-order valence-corrected chi connectivity index (χ3v) is 2.92. The second-order valence-corrected chi connectivity index (χ2v) is 4.65. The van der Waals surface area contributed by atoms with Crippen molar-refractivity contribution in [3.05, 3.63) is 48.0 Å². The van der Waals surface area contributed by atoms with Crippen molar-refractivity contribution in [3.8, 4) is 5.75 Å². The number of H-pyrrole nitrogens is 1. The van der Waals surface area contributed by atoms with Crippen LogP contribution in [-0.2, 0) is 12.8 Å². The minimum absolute atomic E-state index is 0.611. The molecule has 7 nitrogen and oxygen atoms in total. The molecule has 116 valence electrons. The highest BCUT2D eigenvalue weighted by molar-refractivity contribution is 5.73. The smallest absolute Gasteiger partial charge is 0.332 e. The van der Waals surface area contributed by atoms with Crippen molar-refractivity contribution in [2.45, 2.75) is 19.3 Å². The minimum Gasteiger partial charge on any atom is -0.494 e. The van der Waals surface area contributed by atoms with Gasteiger partial charge in [-0.05, 0) is 30.5 Å². The Morgan fingerprint density at radius 1 is 1.41 bits per heavy atom. The Labute approximate surface area is 128 Å². The second-order valence-electron chi connectivity index (χ2n) is 4.65. The first-order valence-corrected chi connectivity index (χ1v) is 7.00. The van der Waals surface area contributed by atoms with Crippen molar-refractivity contribution >= 4 is 12.2 Å². The number of hydrogen-bond donors (Lipinski definition) is 3. The molecule has 4 N–H and O–H groups in total. The molecule has 0 atom stereocenters. The molecule has 22 heavy (non-hydrogen) atoms. The van der Waals surface area contributed by atoms with Crippen LogP contribution in [0.15, 0.2) is 41.9 Å². The number of amides is 2. The van der Waals surface area contributed by atoms with E-state index in [1.54, 1.807) is 12.5 Å². The van der Waals surface area contributed by atoms with Crippen LogP contribution >= 0.6 is 0 Å². The van der Waals surface area contributed by atoms with Gasteiger partial charge in [0.2, 0.25) is 0 Å². The average molecular weight is 301 g/mol. The number of aromatic amines is 1. The van der Waals surface area contributed by atoms with Gasteiger partial charge in [0, 0.05) is 18.8 Å². The van der Waals surface area contributed by atoms with Gasteiger partial charge in [-0.25, -0.2) is 15.2 Å². The first-order chi connectivity index (χ1) is 10.7. The van der Waals surface area contributed by atoms with Crippen molar-refractivity contribution in [2.24, 2.45) is 10.8 Å². The molecule has 7 heteroatoms. The zero-order chi connectivity index (χ0) is 15.6. The number of benzene rings is 1. The second kappa shape index (κ2) is 8.46. The van der Waals surface area contributed by atoms with Crippen molar-refractivity contribution in [1.29, 1.82) is 0 Å². The predicted octanol–water partition coefficient (Wildman–Crippen LogP) is 1.62. The SMILES string of the molecule is NC(=O)NN=CCc1ccc(OCCCc2c[nH]cn2)cc1. The maximum Gasteiger partial charge on any atom is 0.332 e. The number of nitrogens with zero attached hydrogens (tertiary/aromatic N) is 2. The quantitative estimate of drug-likeness (QED) is 0.392. The van der Waals surface area contributed by atoms with Gasteiger partial charge in [-0.3, -0.25) is 0 Å². The summed E-state index contributed by atoms with van der Waals surface area (Å²) in [6.45, 7) is 0.649. The van der Waals surface area contributed by atoms with Gasteiger partial charge in [-0.2, -0.15) is 5.10 Å². The summed E-state index contributed by atoms with van der Waals surface area (Å²) >= 11 is 0. The van der Waals surface area contributed by atoms with Gasteiger partial charge in [-0.1, -0.05) is 12.1 Å². The number of nitrogens with two attached hydrogens (primary N) is 1. The number of aryl methyl sites for hydroxylation is 1. The number of rotatable bonds is 8. The normalized spacial score (nSPS) is 10.7. The summed E-state index contributed by atoms with van der Waals surface area (Å²) in [7, 11) is 0. The molecule has 2 amide bonds. The Bertz CT molecular complexity index is 593. The average Bonchev–Trinajstić information content (AvgIpc) is 3.02. The van der Waals surface area contributed by atoms with E-state index in [1.807, 2.05) is 30.5 Å². The summed E-state index contributed by atoms with van der Waals surface area (Å²) < 4.78 is 5.67. The van der Waals surface area contributed by atoms with Crippen molar-refractivity contribution < 1.29 is 9.53 Å². The largest absolute Gasteiger partial charge is 0.494 e. The number of nitrogens with one attached hydrogen (secondary N) is 2. The molecule has 1 aromatic heterocycles. The fourth-order valence-corrected chi connectivity index (χ4v) is 1.85. The van der Waals surface area contributed by atoms with Gasteiger partial charge in [-0.15, -0.1) is 0 Å². The molecule has 0 unspecified atom stereocenters. The van der Waals surface area contributed by atoms with Gasteiger partial charge < -0.3 is 15.5 Å². The van der Waals surface area contributed by atoms with Gasteiger partial charge >= 0.3 is 6.03 Å². The van der Waals surface area contributed by atoms with E-state index in [1.165, 1.54) is 0 Å². The summed E-state index contributed by atoms with van der Waals surface area (Å²) in [6, 6.07) is 7.08. The number of imidazole rings is 1. The third-order valence-electron chi connectivity index (χ3n) is 2.92. The van der Waals surface area contributed by atoms with E-state index in [-0.39, 0.29) is 0 Å². The molecule has 0 saturated carbocycles. The molecule has 2 rings (SSSR count). The van der Waals surface area contributed by atoms with Crippen LogP contribution in [-0.4, -0.2) is 28.8 Å². The van der Waals surface area contributed by atoms with Crippen molar-refractivity contribution in [1.82, 2.24) is 15.4 Å². The number of hydrazone groups is 1. The van der Waals surface area contributed by atoms with E-state index < -0.39 is 6.03 Å². The summed E-state index contributed by atoms with van der Waals surface area (Å²) in [5, 5.41) is 3.68. The van der Waals surface area contributed by atoms with E-state index in [2.05, 4.69) is 20.5 Å². The van der Waals surface area contributed by atoms with Crippen molar-refractivity contribution in [2.75, 3.05) is 6.61 Å². The molecule has 0 fully saturated rings. The zero-order valence-electron chi connectivity index (χ0n) is 12.2. The maximum absolute atomic E-state index is 10.4. The van der Waals surface area contributed by atoms with Crippen LogP contribution < -0.4 is 15.9 Å². The van der Waals surface area contributed by atoms with E-state index in [9.17, 15) is 4.79 Å². The highest BCUT2D eigenvalue weighted by Gasteiger charge is 1.97. The standard InChI is InChI=1S/C15H19N5O2/c16-15(21)20-19-8-7-12-3-5-14(6-4-12)22-9-1-2-13-10-17-11-18-13/h3-6,8,10-11H,1-2,7,9H2,(H,17,18)(H3,16,20,21). The third kappa shape index (κ3) is 5.66. The van der Waals surface area contributed by atoms with Crippen LogP contribution in [0.1, 0.15) is 17.7 Å². The molecule has 0 bridgehead atoms. The Morgan fingerprint density at radius 2 is 2.23 bits per heavy atom. The molecule has 2 aromatic rings. The molecule has 1 aromatic carbocycles. The van der Waals surface area contributed by atoms with Crippen LogP contribution in [0.5, 0.6) is 5.75 Å². The van der Waals surface area contributed by atoms with E-state index in [4.69, 9.17) is 10.5 Å². The lowest BCUT2D eigenvalue weighted by molar-refractivity contribution is 0.249. The molecule has 0 saturated heterocycles. The minimum atomic E-state index is -0.671. The molecule has 0 aliphatic rings. The number of carbonyl (C=O) groups is 1. The lowest BCUT2D eigenvalue weighted by Crippen LogP contribution is -2.24. The summed E-state index contributed by atoms with van der Waals surface area (Å²) in [6.07, 6.45) is 7.58. The summed E-state index contributed by atoms with van der Waals surface area (Å²) in [4.78, 5) is 17.5. The Kier molecular flexibility index (Phi) is 5.98. The van der Waals surface area contributed by atoms with Gasteiger partial charge in [0.15, 0.2) is 0 Å². The number of aromatic nitrogens is 2. The zero-order valence-corrected chi connectivity index (χ0v) is 12.2. The fraction of sp³-hybridized carbons (Fsp3) is 0.267. The Morgan fingerprint density at radius 3 is 2.91 bits per heavy atom. The molecule has 0 aliphatic carbocycles. The number of carbonyl (C=O) groups excluding carboxylic acids is 1. The number of hydrogen-bond acceptors (Lipinski definition) is 4. The monoisotopic (exact) mass is 301 g/mol. The predicted molar refractivity (Wildman–Crippen MR) is 83.8 cm³/mol. The van der Waals surface area contributed by atoms with Crippen LogP contribution in [0, 0.1) is 0 Å². The van der Waals surface area contributed by atoms with E-state index in [0.717, 1.165) is 29.8 Å². The topological polar surface area (TPSA) is 105 Å². The molecule has 0 aliphatic heterocycles. The van der Waals surface area contributed by atoms with Gasteiger partial charge in [0.1, 0.15) is 5.75 Å². The fourth-order valence-electron chi connectivity index (χ4n) is 1.85. The number of urea groups is 1. The van der Waals surface area contributed by atoms with Crippen LogP contribution in [0.2, 0.25) is 0 Å². The summed E-state index contributed by atoms with van der Waals surface area (Å²) in [5.74, 6) is 0.831. The maximum atomic E-state index is 10.4.